The van der Waals surface area contributed by atoms with Gasteiger partial charge < -0.3 is 14.7 Å². The van der Waals surface area contributed by atoms with Crippen molar-refractivity contribution in [2.45, 2.75) is 31.4 Å². The summed E-state index contributed by atoms with van der Waals surface area (Å²) in [5.41, 5.74) is 2.00. The Morgan fingerprint density at radius 2 is 1.85 bits per heavy atom. The number of carbonyl (C=O) groups excluding carboxylic acids is 1. The van der Waals surface area contributed by atoms with Gasteiger partial charge in [-0.05, 0) is 23.3 Å². The van der Waals surface area contributed by atoms with Gasteiger partial charge in [0, 0.05) is 12.2 Å². The van der Waals surface area contributed by atoms with Gasteiger partial charge in [0.25, 0.3) is 0 Å². The quantitative estimate of drug-likeness (QED) is 0.839. The van der Waals surface area contributed by atoms with Crippen LogP contribution in [0.5, 0.6) is 5.75 Å². The molecule has 0 aromatic heterocycles. The maximum atomic E-state index is 12.3. The first-order valence-electron chi connectivity index (χ1n) is 8.52. The molecule has 0 saturated carbocycles. The Labute approximate surface area is 157 Å². The molecule has 1 saturated heterocycles. The van der Waals surface area contributed by atoms with Gasteiger partial charge in [0.15, 0.2) is 0 Å². The van der Waals surface area contributed by atoms with Crippen molar-refractivity contribution in [3.8, 4) is 5.75 Å². The molecular weight excluding hydrogens is 350 g/mol. The molecule has 0 bridgehead atoms. The summed E-state index contributed by atoms with van der Waals surface area (Å²) in [5, 5.41) is 9.12. The van der Waals surface area contributed by atoms with E-state index in [4.69, 9.17) is 4.74 Å². The molecule has 3 rings (SSSR count). The molecule has 0 aliphatic carbocycles. The number of carboxylic acid groups (broad SMARTS) is 1. The summed E-state index contributed by atoms with van der Waals surface area (Å²) in [6.45, 7) is 2.24. The van der Waals surface area contributed by atoms with Gasteiger partial charge in [-0.3, -0.25) is 4.79 Å². The van der Waals surface area contributed by atoms with E-state index in [1.807, 2.05) is 54.6 Å². The Kier molecular flexibility index (Phi) is 5.83. The second-order valence-corrected chi connectivity index (χ2v) is 7.15. The van der Waals surface area contributed by atoms with E-state index < -0.39 is 12.0 Å². The van der Waals surface area contributed by atoms with Gasteiger partial charge in [-0.15, -0.1) is 11.8 Å². The molecule has 1 N–H and O–H groups in total. The molecule has 2 aromatic rings. The minimum atomic E-state index is -0.954. The van der Waals surface area contributed by atoms with E-state index in [2.05, 4.69) is 0 Å². The average Bonchev–Trinajstić information content (AvgIpc) is 3.12. The van der Waals surface area contributed by atoms with E-state index >= 15 is 0 Å². The van der Waals surface area contributed by atoms with Crippen molar-refractivity contribution in [2.75, 3.05) is 5.75 Å². The lowest BCUT2D eigenvalue weighted by Gasteiger charge is -2.27. The molecule has 5 nitrogen and oxygen atoms in total. The highest BCUT2D eigenvalue weighted by molar-refractivity contribution is 7.99. The predicted octanol–water partition coefficient (Wildman–Crippen LogP) is 3.70. The summed E-state index contributed by atoms with van der Waals surface area (Å²) in [4.78, 5) is 25.2. The van der Waals surface area contributed by atoms with Crippen LogP contribution in [0.15, 0.2) is 54.6 Å². The number of thioether (sulfide) groups is 1. The molecule has 2 atom stereocenters. The molecule has 1 aliphatic heterocycles. The molecule has 0 spiro atoms. The fourth-order valence-electron chi connectivity index (χ4n) is 2.91. The topological polar surface area (TPSA) is 66.8 Å². The Balaban J connectivity index is 1.71. The van der Waals surface area contributed by atoms with Crippen LogP contribution >= 0.6 is 11.8 Å². The Morgan fingerprint density at radius 3 is 2.46 bits per heavy atom. The third kappa shape index (κ3) is 4.02. The summed E-state index contributed by atoms with van der Waals surface area (Å²) in [6.07, 6.45) is 0.291. The van der Waals surface area contributed by atoms with Crippen LogP contribution in [-0.2, 0) is 16.2 Å². The van der Waals surface area contributed by atoms with E-state index in [0.717, 1.165) is 16.9 Å². The lowest BCUT2D eigenvalue weighted by molar-refractivity contribution is -0.149. The number of carboxylic acids is 1. The van der Waals surface area contributed by atoms with Gasteiger partial charge in [0.1, 0.15) is 23.8 Å². The summed E-state index contributed by atoms with van der Waals surface area (Å²) >= 11 is 1.48. The number of ether oxygens (including phenoxy) is 1. The predicted molar refractivity (Wildman–Crippen MR) is 101 cm³/mol. The molecule has 2 unspecified atom stereocenters. The SMILES string of the molecule is CCC(=O)N1C(C(=O)O)CSC1c1ccc(OCc2ccccc2)cc1. The number of aliphatic carboxylic acids is 1. The van der Waals surface area contributed by atoms with Crippen molar-refractivity contribution in [1.29, 1.82) is 0 Å². The van der Waals surface area contributed by atoms with Crippen molar-refractivity contribution < 1.29 is 19.4 Å². The lowest BCUT2D eigenvalue weighted by atomic mass is 10.1. The van der Waals surface area contributed by atoms with Crippen LogP contribution < -0.4 is 4.74 Å². The smallest absolute Gasteiger partial charge is 0.327 e. The van der Waals surface area contributed by atoms with Gasteiger partial charge in [0.05, 0.1) is 0 Å². The molecule has 1 amide bonds. The van der Waals surface area contributed by atoms with E-state index in [1.54, 1.807) is 6.92 Å². The molecule has 0 radical (unpaired) electrons. The van der Waals surface area contributed by atoms with Crippen LogP contribution in [0.4, 0.5) is 0 Å². The first kappa shape index (κ1) is 18.3. The van der Waals surface area contributed by atoms with Crippen LogP contribution in [0, 0.1) is 0 Å². The van der Waals surface area contributed by atoms with Gasteiger partial charge in [-0.2, -0.15) is 0 Å². The standard InChI is InChI=1S/C20H21NO4S/c1-2-18(22)21-17(20(23)24)13-26-19(21)15-8-10-16(11-9-15)25-12-14-6-4-3-5-7-14/h3-11,17,19H,2,12-13H2,1H3,(H,23,24). The van der Waals surface area contributed by atoms with Crippen LogP contribution in [0.25, 0.3) is 0 Å². The maximum absolute atomic E-state index is 12.3. The molecule has 1 fully saturated rings. The van der Waals surface area contributed by atoms with E-state index in [9.17, 15) is 14.7 Å². The normalized spacial score (nSPS) is 19.3. The Bertz CT molecular complexity index is 763. The third-order valence-electron chi connectivity index (χ3n) is 4.29. The van der Waals surface area contributed by atoms with E-state index in [-0.39, 0.29) is 11.3 Å². The zero-order chi connectivity index (χ0) is 18.5. The van der Waals surface area contributed by atoms with Crippen LogP contribution in [0.3, 0.4) is 0 Å². The molecule has 1 heterocycles. The monoisotopic (exact) mass is 371 g/mol. The Hall–Kier alpha value is -2.47. The molecule has 6 heteroatoms. The fourth-order valence-corrected chi connectivity index (χ4v) is 4.35. The van der Waals surface area contributed by atoms with E-state index in [0.29, 0.717) is 18.8 Å². The lowest BCUT2D eigenvalue weighted by Crippen LogP contribution is -2.42. The highest BCUT2D eigenvalue weighted by Crippen LogP contribution is 2.42. The number of carbonyl (C=O) groups is 2. The maximum Gasteiger partial charge on any atom is 0.327 e. The van der Waals surface area contributed by atoms with Crippen molar-refractivity contribution in [2.24, 2.45) is 0 Å². The first-order valence-corrected chi connectivity index (χ1v) is 9.57. The first-order chi connectivity index (χ1) is 12.6. The van der Waals surface area contributed by atoms with Crippen molar-refractivity contribution in [1.82, 2.24) is 4.90 Å². The second kappa shape index (κ2) is 8.27. The largest absolute Gasteiger partial charge is 0.489 e. The molecule has 136 valence electrons. The summed E-state index contributed by atoms with van der Waals surface area (Å²) in [7, 11) is 0. The second-order valence-electron chi connectivity index (χ2n) is 6.04. The van der Waals surface area contributed by atoms with Gasteiger partial charge >= 0.3 is 5.97 Å². The number of hydrogen-bond donors (Lipinski definition) is 1. The van der Waals surface area contributed by atoms with Gasteiger partial charge in [-0.1, -0.05) is 49.4 Å². The van der Waals surface area contributed by atoms with Crippen LogP contribution in [0.1, 0.15) is 29.8 Å². The van der Waals surface area contributed by atoms with Crippen LogP contribution in [0.2, 0.25) is 0 Å². The van der Waals surface area contributed by atoms with Crippen molar-refractivity contribution in [3.05, 3.63) is 65.7 Å². The highest BCUT2D eigenvalue weighted by Gasteiger charge is 2.41. The number of benzene rings is 2. The molecule has 1 aliphatic rings. The summed E-state index contributed by atoms with van der Waals surface area (Å²) in [6, 6.07) is 16.7. The van der Waals surface area contributed by atoms with Gasteiger partial charge in [-0.25, -0.2) is 4.79 Å². The third-order valence-corrected chi connectivity index (χ3v) is 5.61. The number of amides is 1. The minimum Gasteiger partial charge on any atom is -0.489 e. The zero-order valence-electron chi connectivity index (χ0n) is 14.5. The zero-order valence-corrected chi connectivity index (χ0v) is 15.3. The molecule has 2 aromatic carbocycles. The fraction of sp³-hybridized carbons (Fsp3) is 0.300. The minimum absolute atomic E-state index is 0.142. The summed E-state index contributed by atoms with van der Waals surface area (Å²) < 4.78 is 5.78. The number of nitrogens with zero attached hydrogens (tertiary/aromatic N) is 1. The number of rotatable bonds is 6. The number of hydrogen-bond acceptors (Lipinski definition) is 4. The van der Waals surface area contributed by atoms with E-state index in [1.165, 1.54) is 16.7 Å². The highest BCUT2D eigenvalue weighted by atomic mass is 32.2. The Morgan fingerprint density at radius 1 is 1.15 bits per heavy atom. The molecule has 26 heavy (non-hydrogen) atoms. The summed E-state index contributed by atoms with van der Waals surface area (Å²) in [5.74, 6) is 0.0445. The average molecular weight is 371 g/mol. The van der Waals surface area contributed by atoms with Crippen molar-refractivity contribution in [3.63, 3.8) is 0 Å². The van der Waals surface area contributed by atoms with Crippen molar-refractivity contribution >= 4 is 23.6 Å². The van der Waals surface area contributed by atoms with Gasteiger partial charge in [0.2, 0.25) is 5.91 Å². The molecular formula is C20H21NO4S. The van der Waals surface area contributed by atoms with Crippen LogP contribution in [-0.4, -0.2) is 33.7 Å².